The van der Waals surface area contributed by atoms with Crippen molar-refractivity contribution in [3.05, 3.63) is 35.4 Å². The molecule has 1 N–H and O–H groups in total. The van der Waals surface area contributed by atoms with E-state index < -0.39 is 11.8 Å². The zero-order chi connectivity index (χ0) is 18.6. The fourth-order valence-corrected chi connectivity index (χ4v) is 4.06. The standard InChI is InChI=1S/C21H30N2O3/c1-3-14-22-19(24)18-15-26-21(12-6-5-7-13-21)23(18)20(25)17-10-8-16(4-2)9-11-17/h8-11,18H,3-7,12-15H2,1-2H3,(H,22,24). The van der Waals surface area contributed by atoms with Gasteiger partial charge in [-0.15, -0.1) is 0 Å². The van der Waals surface area contributed by atoms with Crippen molar-refractivity contribution >= 4 is 11.8 Å². The summed E-state index contributed by atoms with van der Waals surface area (Å²) in [6.07, 6.45) is 6.64. The maximum absolute atomic E-state index is 13.4. The van der Waals surface area contributed by atoms with E-state index in [1.165, 1.54) is 5.56 Å². The zero-order valence-electron chi connectivity index (χ0n) is 15.9. The van der Waals surface area contributed by atoms with Gasteiger partial charge in [-0.05, 0) is 56.2 Å². The highest BCUT2D eigenvalue weighted by Crippen LogP contribution is 2.41. The van der Waals surface area contributed by atoms with Crippen LogP contribution >= 0.6 is 0 Å². The Bertz CT molecular complexity index is 635. The smallest absolute Gasteiger partial charge is 0.256 e. The molecule has 0 bridgehead atoms. The maximum atomic E-state index is 13.4. The lowest BCUT2D eigenvalue weighted by atomic mass is 9.89. The van der Waals surface area contributed by atoms with Crippen molar-refractivity contribution in [2.24, 2.45) is 0 Å². The summed E-state index contributed by atoms with van der Waals surface area (Å²) in [7, 11) is 0. The fraction of sp³-hybridized carbons (Fsp3) is 0.619. The largest absolute Gasteiger partial charge is 0.354 e. The molecule has 5 heteroatoms. The fourth-order valence-electron chi connectivity index (χ4n) is 4.06. The van der Waals surface area contributed by atoms with Gasteiger partial charge in [-0.2, -0.15) is 0 Å². The summed E-state index contributed by atoms with van der Waals surface area (Å²) < 4.78 is 6.14. The van der Waals surface area contributed by atoms with Crippen molar-refractivity contribution in [2.45, 2.75) is 70.6 Å². The molecule has 1 aromatic rings. The van der Waals surface area contributed by atoms with Crippen molar-refractivity contribution in [3.63, 3.8) is 0 Å². The summed E-state index contributed by atoms with van der Waals surface area (Å²) in [6.45, 7) is 5.02. The van der Waals surface area contributed by atoms with Crippen LogP contribution < -0.4 is 5.32 Å². The average Bonchev–Trinajstić information content (AvgIpc) is 3.04. The number of hydrogen-bond acceptors (Lipinski definition) is 3. The van der Waals surface area contributed by atoms with E-state index in [1.54, 1.807) is 4.90 Å². The van der Waals surface area contributed by atoms with Gasteiger partial charge in [0.05, 0.1) is 6.61 Å². The predicted octanol–water partition coefficient (Wildman–Crippen LogP) is 3.28. The molecule has 1 atom stereocenters. The number of rotatable bonds is 5. The van der Waals surface area contributed by atoms with Gasteiger partial charge in [0.15, 0.2) is 0 Å². The molecular weight excluding hydrogens is 328 g/mol. The lowest BCUT2D eigenvalue weighted by Gasteiger charge is -2.41. The number of hydrogen-bond donors (Lipinski definition) is 1. The summed E-state index contributed by atoms with van der Waals surface area (Å²) in [4.78, 5) is 27.8. The van der Waals surface area contributed by atoms with Crippen LogP contribution in [-0.2, 0) is 16.0 Å². The van der Waals surface area contributed by atoms with Crippen LogP contribution in [0.25, 0.3) is 0 Å². The molecule has 26 heavy (non-hydrogen) atoms. The van der Waals surface area contributed by atoms with E-state index in [9.17, 15) is 9.59 Å². The lowest BCUT2D eigenvalue weighted by molar-refractivity contribution is -0.127. The second-order valence-electron chi connectivity index (χ2n) is 7.35. The molecule has 0 radical (unpaired) electrons. The molecule has 5 nitrogen and oxygen atoms in total. The number of benzene rings is 1. The van der Waals surface area contributed by atoms with Crippen LogP contribution in [0, 0.1) is 0 Å². The first-order chi connectivity index (χ1) is 12.6. The van der Waals surface area contributed by atoms with E-state index in [0.29, 0.717) is 12.1 Å². The second kappa shape index (κ2) is 8.21. The molecular formula is C21H30N2O3. The van der Waals surface area contributed by atoms with E-state index in [1.807, 2.05) is 31.2 Å². The van der Waals surface area contributed by atoms with Gasteiger partial charge in [0, 0.05) is 12.1 Å². The number of nitrogens with zero attached hydrogens (tertiary/aromatic N) is 1. The maximum Gasteiger partial charge on any atom is 0.256 e. The molecule has 2 fully saturated rings. The summed E-state index contributed by atoms with van der Waals surface area (Å²) in [5, 5.41) is 2.94. The van der Waals surface area contributed by atoms with Crippen LogP contribution in [0.5, 0.6) is 0 Å². The van der Waals surface area contributed by atoms with Crippen LogP contribution in [0.4, 0.5) is 0 Å². The molecule has 1 saturated carbocycles. The van der Waals surface area contributed by atoms with Crippen molar-refractivity contribution < 1.29 is 14.3 Å². The molecule has 1 heterocycles. The van der Waals surface area contributed by atoms with Crippen LogP contribution in [0.1, 0.15) is 68.3 Å². The minimum Gasteiger partial charge on any atom is -0.354 e. The van der Waals surface area contributed by atoms with Crippen LogP contribution in [0.2, 0.25) is 0 Å². The number of carbonyl (C=O) groups excluding carboxylic acids is 2. The third-order valence-corrected chi connectivity index (χ3v) is 5.58. The Morgan fingerprint density at radius 1 is 1.15 bits per heavy atom. The molecule has 2 amide bonds. The van der Waals surface area contributed by atoms with Gasteiger partial charge < -0.3 is 10.1 Å². The van der Waals surface area contributed by atoms with Gasteiger partial charge in [-0.25, -0.2) is 0 Å². The van der Waals surface area contributed by atoms with E-state index in [4.69, 9.17) is 4.74 Å². The van der Waals surface area contributed by atoms with E-state index >= 15 is 0 Å². The van der Waals surface area contributed by atoms with E-state index in [2.05, 4.69) is 12.2 Å². The van der Waals surface area contributed by atoms with Gasteiger partial charge in [0.25, 0.3) is 5.91 Å². The summed E-state index contributed by atoms with van der Waals surface area (Å²) >= 11 is 0. The second-order valence-corrected chi connectivity index (χ2v) is 7.35. The van der Waals surface area contributed by atoms with E-state index in [0.717, 1.165) is 44.9 Å². The Balaban J connectivity index is 1.89. The highest BCUT2D eigenvalue weighted by Gasteiger charge is 2.52. The Morgan fingerprint density at radius 3 is 2.46 bits per heavy atom. The summed E-state index contributed by atoms with van der Waals surface area (Å²) in [6, 6.07) is 7.18. The number of amides is 2. The van der Waals surface area contributed by atoms with Crippen LogP contribution in [0.3, 0.4) is 0 Å². The highest BCUT2D eigenvalue weighted by atomic mass is 16.5. The van der Waals surface area contributed by atoms with Gasteiger partial charge in [0.1, 0.15) is 11.8 Å². The molecule has 2 aliphatic rings. The first kappa shape index (κ1) is 18.9. The Labute approximate surface area is 156 Å². The van der Waals surface area contributed by atoms with Crippen LogP contribution in [-0.4, -0.2) is 41.6 Å². The number of ether oxygens (including phenoxy) is 1. The Kier molecular flexibility index (Phi) is 5.97. The first-order valence-corrected chi connectivity index (χ1v) is 9.95. The van der Waals surface area contributed by atoms with Gasteiger partial charge in [0.2, 0.25) is 5.91 Å². The molecule has 1 aliphatic carbocycles. The SMILES string of the molecule is CCCNC(=O)C1COC2(CCCCC2)N1C(=O)c1ccc(CC)cc1. The average molecular weight is 358 g/mol. The van der Waals surface area contributed by atoms with Crippen molar-refractivity contribution in [2.75, 3.05) is 13.2 Å². The summed E-state index contributed by atoms with van der Waals surface area (Å²) in [5.41, 5.74) is 1.21. The molecule has 1 spiro atoms. The number of carbonyl (C=O) groups is 2. The van der Waals surface area contributed by atoms with Crippen LogP contribution in [0.15, 0.2) is 24.3 Å². The van der Waals surface area contributed by atoms with E-state index in [-0.39, 0.29) is 18.4 Å². The summed E-state index contributed by atoms with van der Waals surface area (Å²) in [5.74, 6) is -0.198. The Morgan fingerprint density at radius 2 is 1.85 bits per heavy atom. The van der Waals surface area contributed by atoms with Gasteiger partial charge in [-0.3, -0.25) is 14.5 Å². The third-order valence-electron chi connectivity index (χ3n) is 5.58. The molecule has 3 rings (SSSR count). The van der Waals surface area contributed by atoms with Crippen molar-refractivity contribution in [3.8, 4) is 0 Å². The van der Waals surface area contributed by atoms with Gasteiger partial charge in [-0.1, -0.05) is 32.4 Å². The van der Waals surface area contributed by atoms with Crippen molar-refractivity contribution in [1.29, 1.82) is 0 Å². The highest BCUT2D eigenvalue weighted by molar-refractivity contribution is 5.98. The van der Waals surface area contributed by atoms with Gasteiger partial charge >= 0.3 is 0 Å². The molecule has 1 aliphatic heterocycles. The minimum atomic E-state index is -0.618. The monoisotopic (exact) mass is 358 g/mol. The zero-order valence-corrected chi connectivity index (χ0v) is 15.9. The Hall–Kier alpha value is -1.88. The number of nitrogens with one attached hydrogen (secondary N) is 1. The molecule has 1 aromatic carbocycles. The predicted molar refractivity (Wildman–Crippen MR) is 101 cm³/mol. The lowest BCUT2D eigenvalue weighted by Crippen LogP contribution is -2.56. The first-order valence-electron chi connectivity index (χ1n) is 9.95. The molecule has 1 unspecified atom stereocenters. The molecule has 0 aromatic heterocycles. The third kappa shape index (κ3) is 3.63. The molecule has 1 saturated heterocycles. The number of aryl methyl sites for hydroxylation is 1. The topological polar surface area (TPSA) is 58.6 Å². The molecule has 142 valence electrons. The minimum absolute atomic E-state index is 0.0938. The van der Waals surface area contributed by atoms with Crippen molar-refractivity contribution in [1.82, 2.24) is 10.2 Å². The quantitative estimate of drug-likeness (QED) is 0.879. The normalized spacial score (nSPS) is 21.8.